The normalized spacial score (nSPS) is 10.9. The number of hydrogen-bond acceptors (Lipinski definition) is 7. The molecule has 10 heteroatoms. The zero-order chi connectivity index (χ0) is 18.7. The molecule has 0 radical (unpaired) electrons. The van der Waals surface area contributed by atoms with Crippen molar-refractivity contribution in [3.05, 3.63) is 52.0 Å². The molecule has 0 saturated carbocycles. The van der Waals surface area contributed by atoms with Gasteiger partial charge in [-0.15, -0.1) is 21.5 Å². The first-order valence-corrected chi connectivity index (χ1v) is 9.53. The highest BCUT2D eigenvalue weighted by Crippen LogP contribution is 2.22. The van der Waals surface area contributed by atoms with Crippen molar-refractivity contribution in [2.24, 2.45) is 0 Å². The van der Waals surface area contributed by atoms with Gasteiger partial charge in [0.2, 0.25) is 11.1 Å². The lowest BCUT2D eigenvalue weighted by molar-refractivity contribution is -0.113. The maximum absolute atomic E-state index is 13.7. The minimum Gasteiger partial charge on any atom is -0.336 e. The number of aromatic nitrogens is 4. The van der Waals surface area contributed by atoms with Crippen LogP contribution in [-0.4, -0.2) is 31.5 Å². The third-order valence-corrected chi connectivity index (χ3v) is 5.58. The number of hydrogen-bond donors (Lipinski definition) is 2. The van der Waals surface area contributed by atoms with Gasteiger partial charge in [-0.05, 0) is 25.5 Å². The summed E-state index contributed by atoms with van der Waals surface area (Å²) in [5.74, 6) is 5.98. The quantitative estimate of drug-likeness (QED) is 0.494. The minimum absolute atomic E-state index is 0.118. The first-order chi connectivity index (χ1) is 12.4. The number of benzene rings is 1. The van der Waals surface area contributed by atoms with Gasteiger partial charge in [0.1, 0.15) is 5.82 Å². The molecule has 26 heavy (non-hydrogen) atoms. The molecule has 0 fully saturated rings. The van der Waals surface area contributed by atoms with Crippen LogP contribution in [0, 0.1) is 19.7 Å². The molecule has 1 amide bonds. The fourth-order valence-corrected chi connectivity index (χ4v) is 3.66. The summed E-state index contributed by atoms with van der Waals surface area (Å²) in [6.45, 7) is 3.84. The standard InChI is InChI=1S/C16H17FN6OS2/c1-9-10(2)26-15(19-9)20-14(24)8-25-16-22-21-13(23(16)18)7-11-5-3-4-6-12(11)17/h3-6H,7-8,18H2,1-2H3,(H,19,20,24). The second-order valence-electron chi connectivity index (χ2n) is 5.53. The van der Waals surface area contributed by atoms with Crippen molar-refractivity contribution in [2.45, 2.75) is 25.4 Å². The average Bonchev–Trinajstić information content (AvgIpc) is 3.10. The third-order valence-electron chi connectivity index (χ3n) is 3.65. The number of aryl methyl sites for hydroxylation is 2. The molecule has 3 rings (SSSR count). The second-order valence-corrected chi connectivity index (χ2v) is 7.68. The van der Waals surface area contributed by atoms with E-state index >= 15 is 0 Å². The Balaban J connectivity index is 1.59. The van der Waals surface area contributed by atoms with Crippen molar-refractivity contribution in [1.29, 1.82) is 0 Å². The van der Waals surface area contributed by atoms with Crippen molar-refractivity contribution < 1.29 is 9.18 Å². The number of nitrogen functional groups attached to an aromatic ring is 1. The van der Waals surface area contributed by atoms with Crippen molar-refractivity contribution in [3.63, 3.8) is 0 Å². The van der Waals surface area contributed by atoms with Crippen LogP contribution in [0.2, 0.25) is 0 Å². The zero-order valence-electron chi connectivity index (χ0n) is 14.2. The molecule has 0 bridgehead atoms. The van der Waals surface area contributed by atoms with E-state index in [1.54, 1.807) is 18.2 Å². The molecule has 7 nitrogen and oxygen atoms in total. The minimum atomic E-state index is -0.321. The number of nitrogens with one attached hydrogen (secondary N) is 1. The molecule has 2 heterocycles. The Hall–Kier alpha value is -2.46. The highest BCUT2D eigenvalue weighted by Gasteiger charge is 2.15. The van der Waals surface area contributed by atoms with Gasteiger partial charge in [0, 0.05) is 11.3 Å². The van der Waals surface area contributed by atoms with Crippen LogP contribution < -0.4 is 11.2 Å². The summed E-state index contributed by atoms with van der Waals surface area (Å²) in [4.78, 5) is 17.4. The summed E-state index contributed by atoms with van der Waals surface area (Å²) in [5, 5.41) is 11.7. The number of amides is 1. The van der Waals surface area contributed by atoms with Crippen LogP contribution in [-0.2, 0) is 11.2 Å². The van der Waals surface area contributed by atoms with Gasteiger partial charge in [-0.2, -0.15) is 0 Å². The molecule has 0 saturated heterocycles. The Morgan fingerprint density at radius 2 is 2.12 bits per heavy atom. The maximum Gasteiger partial charge on any atom is 0.236 e. The lowest BCUT2D eigenvalue weighted by atomic mass is 10.1. The van der Waals surface area contributed by atoms with Gasteiger partial charge in [-0.3, -0.25) is 4.79 Å². The van der Waals surface area contributed by atoms with Gasteiger partial charge in [-0.25, -0.2) is 14.1 Å². The van der Waals surface area contributed by atoms with E-state index in [4.69, 9.17) is 5.84 Å². The Kier molecular flexibility index (Phi) is 5.52. The fraction of sp³-hybridized carbons (Fsp3) is 0.250. The molecule has 2 aromatic heterocycles. The monoisotopic (exact) mass is 392 g/mol. The SMILES string of the molecule is Cc1nc(NC(=O)CSc2nnc(Cc3ccccc3F)n2N)sc1C. The number of carbonyl (C=O) groups is 1. The molecular weight excluding hydrogens is 375 g/mol. The largest absolute Gasteiger partial charge is 0.336 e. The van der Waals surface area contributed by atoms with E-state index in [9.17, 15) is 9.18 Å². The average molecular weight is 392 g/mol. The van der Waals surface area contributed by atoms with Crippen LogP contribution >= 0.6 is 23.1 Å². The topological polar surface area (TPSA) is 98.7 Å². The van der Waals surface area contributed by atoms with Crippen LogP contribution in [0.25, 0.3) is 0 Å². The van der Waals surface area contributed by atoms with E-state index in [2.05, 4.69) is 20.5 Å². The lowest BCUT2D eigenvalue weighted by Gasteiger charge is -2.05. The van der Waals surface area contributed by atoms with Crippen LogP contribution in [0.4, 0.5) is 9.52 Å². The summed E-state index contributed by atoms with van der Waals surface area (Å²) in [6, 6.07) is 6.42. The van der Waals surface area contributed by atoms with Crippen molar-refractivity contribution >= 4 is 34.1 Å². The molecule has 136 valence electrons. The number of thiazole rings is 1. The van der Waals surface area contributed by atoms with Crippen LogP contribution in [0.1, 0.15) is 22.0 Å². The predicted octanol–water partition coefficient (Wildman–Crippen LogP) is 2.53. The molecular formula is C16H17FN6OS2. The van der Waals surface area contributed by atoms with Gasteiger partial charge in [0.25, 0.3) is 0 Å². The zero-order valence-corrected chi connectivity index (χ0v) is 15.8. The van der Waals surface area contributed by atoms with Gasteiger partial charge in [0.05, 0.1) is 11.4 Å². The predicted molar refractivity (Wildman–Crippen MR) is 100 cm³/mol. The van der Waals surface area contributed by atoms with E-state index in [-0.39, 0.29) is 23.9 Å². The van der Waals surface area contributed by atoms with Crippen molar-refractivity contribution in [3.8, 4) is 0 Å². The summed E-state index contributed by atoms with van der Waals surface area (Å²) in [6.07, 6.45) is 0.223. The van der Waals surface area contributed by atoms with Gasteiger partial charge < -0.3 is 11.2 Å². The smallest absolute Gasteiger partial charge is 0.236 e. The van der Waals surface area contributed by atoms with Crippen LogP contribution in [0.5, 0.6) is 0 Å². The Morgan fingerprint density at radius 1 is 1.35 bits per heavy atom. The summed E-state index contributed by atoms with van der Waals surface area (Å²) in [7, 11) is 0. The van der Waals surface area contributed by atoms with E-state index in [1.165, 1.54) is 22.1 Å². The molecule has 3 aromatic rings. The molecule has 0 spiro atoms. The molecule has 0 aliphatic carbocycles. The first-order valence-electron chi connectivity index (χ1n) is 7.73. The number of carbonyl (C=O) groups excluding carboxylic acids is 1. The molecule has 3 N–H and O–H groups in total. The fourth-order valence-electron chi connectivity index (χ4n) is 2.15. The van der Waals surface area contributed by atoms with Crippen LogP contribution in [0.3, 0.4) is 0 Å². The molecule has 0 unspecified atom stereocenters. The van der Waals surface area contributed by atoms with E-state index < -0.39 is 0 Å². The third kappa shape index (κ3) is 4.20. The summed E-state index contributed by atoms with van der Waals surface area (Å²) < 4.78 is 15.0. The van der Waals surface area contributed by atoms with Gasteiger partial charge in [0.15, 0.2) is 11.0 Å². The summed E-state index contributed by atoms with van der Waals surface area (Å²) in [5.41, 5.74) is 1.38. The highest BCUT2D eigenvalue weighted by atomic mass is 32.2. The van der Waals surface area contributed by atoms with E-state index in [0.717, 1.165) is 22.3 Å². The number of anilines is 1. The first kappa shape index (κ1) is 18.3. The molecule has 0 atom stereocenters. The van der Waals surface area contributed by atoms with Crippen LogP contribution in [0.15, 0.2) is 29.4 Å². The molecule has 1 aromatic carbocycles. The second kappa shape index (κ2) is 7.83. The molecule has 0 aliphatic heterocycles. The number of halogens is 1. The number of nitrogens with two attached hydrogens (primary N) is 1. The van der Waals surface area contributed by atoms with Crippen molar-refractivity contribution in [1.82, 2.24) is 19.9 Å². The van der Waals surface area contributed by atoms with Gasteiger partial charge in [-0.1, -0.05) is 30.0 Å². The van der Waals surface area contributed by atoms with E-state index in [1.807, 2.05) is 13.8 Å². The lowest BCUT2D eigenvalue weighted by Crippen LogP contribution is -2.17. The highest BCUT2D eigenvalue weighted by molar-refractivity contribution is 7.99. The van der Waals surface area contributed by atoms with E-state index in [0.29, 0.717) is 21.7 Å². The number of rotatable bonds is 6. The Bertz CT molecular complexity index is 919. The molecule has 0 aliphatic rings. The summed E-state index contributed by atoms with van der Waals surface area (Å²) >= 11 is 2.58. The Labute approximate surface area is 157 Å². The Morgan fingerprint density at radius 3 is 2.81 bits per heavy atom. The van der Waals surface area contributed by atoms with Crippen molar-refractivity contribution in [2.75, 3.05) is 16.9 Å². The maximum atomic E-state index is 13.7. The number of nitrogens with zero attached hydrogens (tertiary/aromatic N) is 4. The number of thioether (sulfide) groups is 1. The van der Waals surface area contributed by atoms with Gasteiger partial charge >= 0.3 is 0 Å².